The maximum Gasteiger partial charge on any atom is 0.416 e. The van der Waals surface area contributed by atoms with E-state index in [0.29, 0.717) is 5.56 Å². The van der Waals surface area contributed by atoms with Gasteiger partial charge in [0.1, 0.15) is 0 Å². The van der Waals surface area contributed by atoms with Crippen LogP contribution >= 0.6 is 0 Å². The highest BCUT2D eigenvalue weighted by atomic mass is 19.4. The van der Waals surface area contributed by atoms with E-state index in [1.54, 1.807) is 6.07 Å². The van der Waals surface area contributed by atoms with Crippen molar-refractivity contribution in [1.82, 2.24) is 10.2 Å². The number of carbonyl (C=O) groups excluding carboxylic acids is 1. The molecule has 3 nitrogen and oxygen atoms in total. The fraction of sp³-hybridized carbons (Fsp3) is 0.409. The standard InChI is InChI=1S/C22H25F3N2O/c1-16-4-2-6-18(12-16)15-27-10-8-19(9-11-27)21(28)26-14-17-5-3-7-20(13-17)22(23,24)25/h2-7,12-13,19H,8-11,14-15H2,1H3,(H,26,28). The van der Waals surface area contributed by atoms with Gasteiger partial charge >= 0.3 is 6.18 Å². The van der Waals surface area contributed by atoms with Crippen molar-refractivity contribution in [3.8, 4) is 0 Å². The number of nitrogens with one attached hydrogen (secondary N) is 1. The first kappa shape index (κ1) is 20.4. The average molecular weight is 390 g/mol. The van der Waals surface area contributed by atoms with Crippen LogP contribution in [-0.2, 0) is 24.1 Å². The molecule has 0 bridgehead atoms. The predicted octanol–water partition coefficient (Wildman–Crippen LogP) is 4.54. The van der Waals surface area contributed by atoms with Crippen molar-refractivity contribution in [2.75, 3.05) is 13.1 Å². The molecule has 0 aliphatic carbocycles. The van der Waals surface area contributed by atoms with Crippen LogP contribution in [0.5, 0.6) is 0 Å². The highest BCUT2D eigenvalue weighted by Crippen LogP contribution is 2.29. The van der Waals surface area contributed by atoms with Crippen LogP contribution in [-0.4, -0.2) is 23.9 Å². The first-order chi connectivity index (χ1) is 13.3. The SMILES string of the molecule is Cc1cccc(CN2CCC(C(=O)NCc3cccc(C(F)(F)F)c3)CC2)c1. The van der Waals surface area contributed by atoms with E-state index in [1.807, 2.05) is 0 Å². The van der Waals surface area contributed by atoms with Crippen LogP contribution in [0.2, 0.25) is 0 Å². The molecule has 6 heteroatoms. The molecule has 1 N–H and O–H groups in total. The van der Waals surface area contributed by atoms with Crippen LogP contribution in [0.4, 0.5) is 13.2 Å². The topological polar surface area (TPSA) is 32.3 Å². The van der Waals surface area contributed by atoms with Crippen molar-refractivity contribution in [2.24, 2.45) is 5.92 Å². The quantitative estimate of drug-likeness (QED) is 0.813. The predicted molar refractivity (Wildman–Crippen MR) is 102 cm³/mol. The van der Waals surface area contributed by atoms with Gasteiger partial charge in [-0.25, -0.2) is 0 Å². The van der Waals surface area contributed by atoms with Gasteiger partial charge in [-0.3, -0.25) is 9.69 Å². The number of carbonyl (C=O) groups is 1. The first-order valence-electron chi connectivity index (χ1n) is 9.53. The summed E-state index contributed by atoms with van der Waals surface area (Å²) in [6.07, 6.45) is -2.84. The summed E-state index contributed by atoms with van der Waals surface area (Å²) in [6.45, 7) is 4.75. The van der Waals surface area contributed by atoms with Gasteiger partial charge in [-0.2, -0.15) is 13.2 Å². The zero-order valence-electron chi connectivity index (χ0n) is 15.9. The summed E-state index contributed by atoms with van der Waals surface area (Å²) in [7, 11) is 0. The van der Waals surface area contributed by atoms with Gasteiger partial charge in [0, 0.05) is 19.0 Å². The molecule has 1 amide bonds. The van der Waals surface area contributed by atoms with Crippen LogP contribution in [0.1, 0.15) is 35.1 Å². The molecular weight excluding hydrogens is 365 g/mol. The first-order valence-corrected chi connectivity index (χ1v) is 9.53. The Bertz CT molecular complexity index is 811. The lowest BCUT2D eigenvalue weighted by Gasteiger charge is -2.31. The van der Waals surface area contributed by atoms with E-state index in [2.05, 4.69) is 41.4 Å². The number of hydrogen-bond acceptors (Lipinski definition) is 2. The number of nitrogens with zero attached hydrogens (tertiary/aromatic N) is 1. The molecule has 2 aromatic rings. The number of benzene rings is 2. The average Bonchev–Trinajstić information content (AvgIpc) is 2.66. The number of rotatable bonds is 5. The van der Waals surface area contributed by atoms with E-state index < -0.39 is 11.7 Å². The number of piperidine rings is 1. The molecule has 1 saturated heterocycles. The van der Waals surface area contributed by atoms with Crippen molar-refractivity contribution >= 4 is 5.91 Å². The molecule has 150 valence electrons. The Morgan fingerprint density at radius 2 is 1.75 bits per heavy atom. The number of aryl methyl sites for hydroxylation is 1. The van der Waals surface area contributed by atoms with E-state index in [4.69, 9.17) is 0 Å². The fourth-order valence-electron chi connectivity index (χ4n) is 3.61. The third-order valence-corrected chi connectivity index (χ3v) is 5.17. The Balaban J connectivity index is 1.46. The van der Waals surface area contributed by atoms with Crippen LogP contribution in [0.25, 0.3) is 0 Å². The second kappa shape index (κ2) is 8.78. The van der Waals surface area contributed by atoms with E-state index in [1.165, 1.54) is 17.2 Å². The molecule has 28 heavy (non-hydrogen) atoms. The monoisotopic (exact) mass is 390 g/mol. The summed E-state index contributed by atoms with van der Waals surface area (Å²) in [5.41, 5.74) is 2.28. The molecule has 0 spiro atoms. The molecule has 0 unspecified atom stereocenters. The van der Waals surface area contributed by atoms with Gasteiger partial charge in [0.05, 0.1) is 5.56 Å². The van der Waals surface area contributed by atoms with Crippen LogP contribution < -0.4 is 5.32 Å². The van der Waals surface area contributed by atoms with Crippen LogP contribution in [0, 0.1) is 12.8 Å². The maximum absolute atomic E-state index is 12.8. The van der Waals surface area contributed by atoms with Crippen LogP contribution in [0.15, 0.2) is 48.5 Å². The van der Waals surface area contributed by atoms with Gasteiger partial charge in [0.25, 0.3) is 0 Å². The van der Waals surface area contributed by atoms with Crippen molar-refractivity contribution in [2.45, 2.75) is 39.0 Å². The Labute approximate surface area is 163 Å². The number of likely N-dealkylation sites (tertiary alicyclic amines) is 1. The van der Waals surface area contributed by atoms with Crippen molar-refractivity contribution in [1.29, 1.82) is 0 Å². The van der Waals surface area contributed by atoms with E-state index >= 15 is 0 Å². The molecule has 2 aromatic carbocycles. The van der Waals surface area contributed by atoms with E-state index in [9.17, 15) is 18.0 Å². The van der Waals surface area contributed by atoms with Gasteiger partial charge < -0.3 is 5.32 Å². The zero-order chi connectivity index (χ0) is 20.1. The second-order valence-electron chi connectivity index (χ2n) is 7.46. The number of amides is 1. The number of alkyl halides is 3. The van der Waals surface area contributed by atoms with Crippen molar-refractivity contribution < 1.29 is 18.0 Å². The minimum atomic E-state index is -4.37. The minimum absolute atomic E-state index is 0.0763. The van der Waals surface area contributed by atoms with Gasteiger partial charge in [0.2, 0.25) is 5.91 Å². The molecule has 1 aliphatic heterocycles. The largest absolute Gasteiger partial charge is 0.416 e. The number of hydrogen-bond donors (Lipinski definition) is 1. The molecule has 3 rings (SSSR count). The summed E-state index contributed by atoms with van der Waals surface area (Å²) in [5.74, 6) is -0.160. The Kier molecular flexibility index (Phi) is 6.39. The molecular formula is C22H25F3N2O. The summed E-state index contributed by atoms with van der Waals surface area (Å²) in [5, 5.41) is 2.79. The summed E-state index contributed by atoms with van der Waals surface area (Å²) < 4.78 is 38.3. The van der Waals surface area contributed by atoms with Crippen molar-refractivity contribution in [3.05, 3.63) is 70.8 Å². The van der Waals surface area contributed by atoms with Crippen LogP contribution in [0.3, 0.4) is 0 Å². The molecule has 0 saturated carbocycles. The normalized spacial score (nSPS) is 16.1. The molecule has 1 heterocycles. The molecule has 0 aromatic heterocycles. The Hall–Kier alpha value is -2.34. The fourth-order valence-corrected chi connectivity index (χ4v) is 3.61. The van der Waals surface area contributed by atoms with Gasteiger partial charge in [0.15, 0.2) is 0 Å². The molecule has 0 radical (unpaired) electrons. The van der Waals surface area contributed by atoms with Gasteiger partial charge in [-0.05, 0) is 56.1 Å². The lowest BCUT2D eigenvalue weighted by molar-refractivity contribution is -0.137. The number of halogens is 3. The highest BCUT2D eigenvalue weighted by Gasteiger charge is 2.30. The Morgan fingerprint density at radius 3 is 2.43 bits per heavy atom. The van der Waals surface area contributed by atoms with E-state index in [0.717, 1.165) is 44.6 Å². The molecule has 0 atom stereocenters. The lowest BCUT2D eigenvalue weighted by atomic mass is 9.95. The van der Waals surface area contributed by atoms with Crippen molar-refractivity contribution in [3.63, 3.8) is 0 Å². The third kappa shape index (κ3) is 5.58. The van der Waals surface area contributed by atoms with Gasteiger partial charge in [-0.1, -0.05) is 42.0 Å². The lowest BCUT2D eigenvalue weighted by Crippen LogP contribution is -2.40. The van der Waals surface area contributed by atoms with E-state index in [-0.39, 0.29) is 18.4 Å². The third-order valence-electron chi connectivity index (χ3n) is 5.17. The second-order valence-corrected chi connectivity index (χ2v) is 7.46. The van der Waals surface area contributed by atoms with Gasteiger partial charge in [-0.15, -0.1) is 0 Å². The highest BCUT2D eigenvalue weighted by molar-refractivity contribution is 5.78. The molecule has 1 fully saturated rings. The molecule has 1 aliphatic rings. The summed E-state index contributed by atoms with van der Waals surface area (Å²) in [4.78, 5) is 14.7. The smallest absolute Gasteiger partial charge is 0.352 e. The maximum atomic E-state index is 12.8. The minimum Gasteiger partial charge on any atom is -0.352 e. The Morgan fingerprint density at radius 1 is 1.07 bits per heavy atom. The summed E-state index contributed by atoms with van der Waals surface area (Å²) in [6, 6.07) is 13.5. The zero-order valence-corrected chi connectivity index (χ0v) is 15.9. The summed E-state index contributed by atoms with van der Waals surface area (Å²) >= 11 is 0.